The van der Waals surface area contributed by atoms with Crippen molar-refractivity contribution in [1.29, 1.82) is 0 Å². The van der Waals surface area contributed by atoms with E-state index in [0.717, 1.165) is 11.1 Å². The van der Waals surface area contributed by atoms with E-state index in [4.69, 9.17) is 17.0 Å². The molecule has 30 heavy (non-hydrogen) atoms. The second-order valence-corrected chi connectivity index (χ2v) is 7.53. The van der Waals surface area contributed by atoms with Crippen LogP contribution in [0.3, 0.4) is 0 Å². The third kappa shape index (κ3) is 2.91. The molecule has 0 saturated heterocycles. The van der Waals surface area contributed by atoms with Crippen molar-refractivity contribution >= 4 is 29.0 Å². The SMILES string of the molecule is Cn1c(=S)[nH]c2cc(C(=O)NC3c4ccccc4Oc4ccccc43)ccc2c1=O. The standard InChI is InChI=1S/C23H17N3O3S/c1-26-22(28)14-11-10-13(12-17(14)24-23(26)30)21(27)25-20-15-6-2-4-8-18(15)29-19-9-5-3-7-16(19)20/h2-12,20H,1H3,(H,24,30)(H,25,27). The van der Waals surface area contributed by atoms with Crippen molar-refractivity contribution in [3.05, 3.63) is 98.5 Å². The molecule has 1 amide bonds. The molecular formula is C23H17N3O3S. The summed E-state index contributed by atoms with van der Waals surface area (Å²) in [6.07, 6.45) is 0. The minimum absolute atomic E-state index is 0.201. The van der Waals surface area contributed by atoms with Gasteiger partial charge < -0.3 is 15.0 Å². The predicted molar refractivity (Wildman–Crippen MR) is 117 cm³/mol. The van der Waals surface area contributed by atoms with Crippen LogP contribution in [-0.4, -0.2) is 15.5 Å². The van der Waals surface area contributed by atoms with Gasteiger partial charge in [-0.2, -0.15) is 0 Å². The highest BCUT2D eigenvalue weighted by molar-refractivity contribution is 7.71. The Balaban J connectivity index is 1.56. The molecule has 0 spiro atoms. The fourth-order valence-corrected chi connectivity index (χ4v) is 3.92. The number of nitrogens with one attached hydrogen (secondary N) is 2. The summed E-state index contributed by atoms with van der Waals surface area (Å²) in [5.74, 6) is 1.17. The van der Waals surface area contributed by atoms with Gasteiger partial charge in [-0.25, -0.2) is 0 Å². The molecule has 1 aliphatic rings. The first-order valence-electron chi connectivity index (χ1n) is 9.42. The number of aromatic amines is 1. The minimum atomic E-state index is -0.350. The summed E-state index contributed by atoms with van der Waals surface area (Å²) >= 11 is 5.19. The molecule has 1 aliphatic heterocycles. The highest BCUT2D eigenvalue weighted by atomic mass is 32.1. The normalized spacial score (nSPS) is 12.7. The number of para-hydroxylation sites is 2. The van der Waals surface area contributed by atoms with E-state index < -0.39 is 0 Å². The van der Waals surface area contributed by atoms with Gasteiger partial charge in [0.2, 0.25) is 0 Å². The van der Waals surface area contributed by atoms with Crippen LogP contribution in [0.25, 0.3) is 10.9 Å². The number of amides is 1. The average Bonchev–Trinajstić information content (AvgIpc) is 2.77. The summed E-state index contributed by atoms with van der Waals surface area (Å²) < 4.78 is 7.66. The van der Waals surface area contributed by atoms with Gasteiger partial charge in [-0.3, -0.25) is 14.2 Å². The van der Waals surface area contributed by atoms with Crippen LogP contribution in [0.15, 0.2) is 71.5 Å². The molecule has 3 aromatic carbocycles. The number of benzene rings is 3. The first-order chi connectivity index (χ1) is 14.5. The second kappa shape index (κ2) is 6.96. The smallest absolute Gasteiger partial charge is 0.261 e. The molecular weight excluding hydrogens is 398 g/mol. The van der Waals surface area contributed by atoms with Crippen molar-refractivity contribution in [2.75, 3.05) is 0 Å². The van der Waals surface area contributed by atoms with Crippen molar-refractivity contribution in [2.24, 2.45) is 7.05 Å². The van der Waals surface area contributed by atoms with Crippen LogP contribution in [0.5, 0.6) is 11.5 Å². The number of hydrogen-bond donors (Lipinski definition) is 2. The lowest BCUT2D eigenvalue weighted by Crippen LogP contribution is -2.31. The number of H-pyrrole nitrogens is 1. The van der Waals surface area contributed by atoms with Gasteiger partial charge in [-0.1, -0.05) is 36.4 Å². The molecule has 148 valence electrons. The largest absolute Gasteiger partial charge is 0.457 e. The third-order valence-corrected chi connectivity index (χ3v) is 5.69. The molecule has 0 unspecified atom stereocenters. The second-order valence-electron chi connectivity index (χ2n) is 7.14. The number of fused-ring (bicyclic) bond motifs is 3. The molecule has 2 N–H and O–H groups in total. The van der Waals surface area contributed by atoms with Crippen molar-refractivity contribution in [3.8, 4) is 11.5 Å². The highest BCUT2D eigenvalue weighted by Gasteiger charge is 2.28. The van der Waals surface area contributed by atoms with Crippen LogP contribution in [0.2, 0.25) is 0 Å². The molecule has 0 bridgehead atoms. The fraction of sp³-hybridized carbons (Fsp3) is 0.0870. The van der Waals surface area contributed by atoms with Crippen LogP contribution in [0, 0.1) is 4.77 Å². The van der Waals surface area contributed by atoms with Gasteiger partial charge in [0.05, 0.1) is 16.9 Å². The van der Waals surface area contributed by atoms with Crippen LogP contribution in [0.4, 0.5) is 0 Å². The minimum Gasteiger partial charge on any atom is -0.457 e. The summed E-state index contributed by atoms with van der Waals surface area (Å²) in [4.78, 5) is 28.5. The Bertz CT molecular complexity index is 1390. The van der Waals surface area contributed by atoms with Crippen molar-refractivity contribution in [3.63, 3.8) is 0 Å². The summed E-state index contributed by atoms with van der Waals surface area (Å²) in [5, 5.41) is 3.59. The predicted octanol–water partition coefficient (Wildman–Crippen LogP) is 4.22. The van der Waals surface area contributed by atoms with Crippen LogP contribution >= 0.6 is 12.2 Å². The molecule has 5 rings (SSSR count). The number of carbonyl (C=O) groups is 1. The Hall–Kier alpha value is -3.71. The van der Waals surface area contributed by atoms with Crippen LogP contribution < -0.4 is 15.6 Å². The molecule has 0 aliphatic carbocycles. The maximum absolute atomic E-state index is 13.1. The summed E-state index contributed by atoms with van der Waals surface area (Å²) in [6, 6.07) is 19.9. The number of ether oxygens (including phenoxy) is 1. The van der Waals surface area contributed by atoms with Crippen molar-refractivity contribution in [1.82, 2.24) is 14.9 Å². The zero-order chi connectivity index (χ0) is 20.8. The van der Waals surface area contributed by atoms with E-state index in [9.17, 15) is 9.59 Å². The van der Waals surface area contributed by atoms with Gasteiger partial charge in [0, 0.05) is 23.7 Å². The molecule has 2 heterocycles. The molecule has 0 fully saturated rings. The first kappa shape index (κ1) is 18.3. The van der Waals surface area contributed by atoms with Gasteiger partial charge >= 0.3 is 0 Å². The van der Waals surface area contributed by atoms with E-state index >= 15 is 0 Å². The van der Waals surface area contributed by atoms with Crippen molar-refractivity contribution in [2.45, 2.75) is 6.04 Å². The number of aromatic nitrogens is 2. The Kier molecular flexibility index (Phi) is 4.25. The molecule has 7 heteroatoms. The van der Waals surface area contributed by atoms with Gasteiger partial charge in [0.25, 0.3) is 11.5 Å². The maximum Gasteiger partial charge on any atom is 0.261 e. The molecule has 4 aromatic rings. The molecule has 0 saturated carbocycles. The van der Waals surface area contributed by atoms with E-state index in [0.29, 0.717) is 32.7 Å². The average molecular weight is 415 g/mol. The number of rotatable bonds is 2. The van der Waals surface area contributed by atoms with Gasteiger partial charge in [-0.05, 0) is 42.5 Å². The van der Waals surface area contributed by atoms with E-state index in [1.807, 2.05) is 48.5 Å². The molecule has 0 atom stereocenters. The highest BCUT2D eigenvalue weighted by Crippen LogP contribution is 2.42. The van der Waals surface area contributed by atoms with E-state index in [2.05, 4.69) is 10.3 Å². The zero-order valence-electron chi connectivity index (χ0n) is 16.0. The topological polar surface area (TPSA) is 76.1 Å². The zero-order valence-corrected chi connectivity index (χ0v) is 16.8. The summed E-state index contributed by atoms with van der Waals surface area (Å²) in [6.45, 7) is 0. The third-order valence-electron chi connectivity index (χ3n) is 5.32. The van der Waals surface area contributed by atoms with E-state index in [-0.39, 0.29) is 17.5 Å². The number of hydrogen-bond acceptors (Lipinski definition) is 4. The maximum atomic E-state index is 13.1. The molecule has 1 aromatic heterocycles. The number of carbonyl (C=O) groups excluding carboxylic acids is 1. The Morgan fingerprint density at radius 1 is 1.03 bits per heavy atom. The number of nitrogens with zero attached hydrogens (tertiary/aromatic N) is 1. The quantitative estimate of drug-likeness (QED) is 0.481. The first-order valence-corrected chi connectivity index (χ1v) is 9.83. The molecule has 6 nitrogen and oxygen atoms in total. The Morgan fingerprint density at radius 2 is 1.67 bits per heavy atom. The van der Waals surface area contributed by atoms with Crippen LogP contribution in [-0.2, 0) is 7.05 Å². The van der Waals surface area contributed by atoms with Gasteiger partial charge in [0.15, 0.2) is 4.77 Å². The summed E-state index contributed by atoms with van der Waals surface area (Å²) in [5.41, 5.74) is 2.54. The lowest BCUT2D eigenvalue weighted by atomic mass is 9.94. The van der Waals surface area contributed by atoms with E-state index in [1.54, 1.807) is 25.2 Å². The summed E-state index contributed by atoms with van der Waals surface area (Å²) in [7, 11) is 1.61. The van der Waals surface area contributed by atoms with E-state index in [1.165, 1.54) is 4.57 Å². The van der Waals surface area contributed by atoms with Crippen molar-refractivity contribution < 1.29 is 9.53 Å². The lowest BCUT2D eigenvalue weighted by molar-refractivity contribution is 0.0941. The molecule has 0 radical (unpaired) electrons. The fourth-order valence-electron chi connectivity index (χ4n) is 3.73. The monoisotopic (exact) mass is 415 g/mol. The van der Waals surface area contributed by atoms with Gasteiger partial charge in [0.1, 0.15) is 11.5 Å². The Morgan fingerprint density at radius 3 is 2.33 bits per heavy atom. The van der Waals surface area contributed by atoms with Gasteiger partial charge in [-0.15, -0.1) is 0 Å². The lowest BCUT2D eigenvalue weighted by Gasteiger charge is -2.28. The Labute approximate surface area is 176 Å². The van der Waals surface area contributed by atoms with Crippen LogP contribution in [0.1, 0.15) is 27.5 Å².